The van der Waals surface area contributed by atoms with E-state index in [1.54, 1.807) is 0 Å². The minimum absolute atomic E-state index is 0. The largest absolute Gasteiger partial charge is 0.294 e. The smallest absolute Gasteiger partial charge is 0.163 e. The van der Waals surface area contributed by atoms with E-state index in [1.165, 1.54) is 12.1 Å². The number of hydrogen-bond acceptors (Lipinski definition) is 1. The second-order valence-electron chi connectivity index (χ2n) is 8.20. The molecule has 0 heterocycles. The van der Waals surface area contributed by atoms with Crippen LogP contribution in [0.5, 0.6) is 0 Å². The summed E-state index contributed by atoms with van der Waals surface area (Å²) in [6.07, 6.45) is 12.7. The van der Waals surface area contributed by atoms with Crippen molar-refractivity contribution in [3.63, 3.8) is 0 Å². The molecule has 170 valence electrons. The number of carbonyl (C=O) groups excluding carboxylic acids is 1. The number of carbonyl (C=O) groups is 1. The van der Waals surface area contributed by atoms with Crippen molar-refractivity contribution < 1.29 is 12.0 Å². The van der Waals surface area contributed by atoms with Gasteiger partial charge in [0.25, 0.3) is 0 Å². The van der Waals surface area contributed by atoms with Gasteiger partial charge in [0.05, 0.1) is 0 Å². The van der Waals surface area contributed by atoms with Crippen LogP contribution in [0.25, 0.3) is 17.7 Å². The van der Waals surface area contributed by atoms with Crippen molar-refractivity contribution >= 4 is 23.5 Å². The van der Waals surface area contributed by atoms with Gasteiger partial charge in [0.1, 0.15) is 5.82 Å². The number of hydrogen-bond donors (Lipinski definition) is 0. The molecule has 0 amide bonds. The molecule has 0 bridgehead atoms. The fourth-order valence-corrected chi connectivity index (χ4v) is 3.88. The average molecular weight is 425 g/mol. The second kappa shape index (κ2) is 13.0. The molecule has 31 heavy (non-hydrogen) atoms. The van der Waals surface area contributed by atoms with Gasteiger partial charge in [-0.3, -0.25) is 4.79 Å². The van der Waals surface area contributed by atoms with Crippen LogP contribution in [0.2, 0.25) is 0 Å². The van der Waals surface area contributed by atoms with Crippen LogP contribution in [0, 0.1) is 5.82 Å². The lowest BCUT2D eigenvalue weighted by Gasteiger charge is -2.12. The van der Waals surface area contributed by atoms with Crippen LogP contribution in [-0.2, 0) is 6.42 Å². The molecule has 0 atom stereocenters. The lowest BCUT2D eigenvalue weighted by atomic mass is 9.92. The van der Waals surface area contributed by atoms with Crippen molar-refractivity contribution in [1.29, 1.82) is 0 Å². The highest BCUT2D eigenvalue weighted by atomic mass is 19.1. The third-order valence-electron chi connectivity index (χ3n) is 5.63. The summed E-state index contributed by atoms with van der Waals surface area (Å²) in [5, 5.41) is 2.24. The van der Waals surface area contributed by atoms with Gasteiger partial charge in [-0.1, -0.05) is 76.6 Å². The minimum Gasteiger partial charge on any atom is -0.294 e. The van der Waals surface area contributed by atoms with Gasteiger partial charge in [-0.25, -0.2) is 4.39 Å². The predicted molar refractivity (Wildman–Crippen MR) is 136 cm³/mol. The van der Waals surface area contributed by atoms with Crippen LogP contribution in [0.4, 0.5) is 4.39 Å². The lowest BCUT2D eigenvalue weighted by Crippen LogP contribution is -2.34. The molecule has 0 N–H and O–H groups in total. The minimum atomic E-state index is -0.197. The van der Waals surface area contributed by atoms with Crippen molar-refractivity contribution in [3.8, 4) is 0 Å². The molecule has 0 aliphatic rings. The number of halogens is 1. The molecular formula is C29H41FO. The molecule has 0 fully saturated rings. The summed E-state index contributed by atoms with van der Waals surface area (Å²) < 4.78 is 13.1. The Hall–Kier alpha value is -2.48. The van der Waals surface area contributed by atoms with E-state index >= 15 is 0 Å². The number of allylic oxidation sites excluding steroid dienone is 1. The van der Waals surface area contributed by atoms with E-state index in [0.717, 1.165) is 84.1 Å². The SMILES string of the molecule is C=C(CCCc1ccc(F)cc1)c1ccc(C(=O)CCCC)c(=C\CCC)/c1=C\CC.[HH].[HH]. The summed E-state index contributed by atoms with van der Waals surface area (Å²) in [5.41, 5.74) is 4.24. The van der Waals surface area contributed by atoms with E-state index in [0.29, 0.717) is 6.42 Å². The monoisotopic (exact) mass is 424 g/mol. The topological polar surface area (TPSA) is 17.1 Å². The van der Waals surface area contributed by atoms with Gasteiger partial charge < -0.3 is 0 Å². The standard InChI is InChI=1S/C29H37FO.2H2/c1-5-8-14-27-26(11-7-3)25(20-21-28(27)29(31)15-9-6-2)22(4)12-10-13-23-16-18-24(30)19-17-23;;/h11,14,16-21H,4-10,12-13,15H2,1-3H3;2*1H/b26-11-,27-14-;;. The van der Waals surface area contributed by atoms with E-state index in [-0.39, 0.29) is 14.5 Å². The highest BCUT2D eigenvalue weighted by molar-refractivity contribution is 5.96. The summed E-state index contributed by atoms with van der Waals surface area (Å²) in [5.74, 6) is 0.0424. The molecule has 2 aromatic carbocycles. The number of Topliss-reactive ketones (excluding diaryl/α,β-unsaturated/α-hetero) is 1. The van der Waals surface area contributed by atoms with E-state index in [4.69, 9.17) is 0 Å². The Morgan fingerprint density at radius 3 is 2.23 bits per heavy atom. The van der Waals surface area contributed by atoms with Gasteiger partial charge in [0.15, 0.2) is 5.78 Å². The van der Waals surface area contributed by atoms with Crippen molar-refractivity contribution in [2.75, 3.05) is 0 Å². The van der Waals surface area contributed by atoms with Crippen molar-refractivity contribution in [2.24, 2.45) is 0 Å². The molecule has 2 rings (SSSR count). The Morgan fingerprint density at radius 1 is 0.903 bits per heavy atom. The van der Waals surface area contributed by atoms with Gasteiger partial charge in [-0.05, 0) is 77.8 Å². The van der Waals surface area contributed by atoms with E-state index in [9.17, 15) is 9.18 Å². The molecule has 2 heteroatoms. The summed E-state index contributed by atoms with van der Waals surface area (Å²) in [7, 11) is 0. The maximum Gasteiger partial charge on any atom is 0.163 e. The lowest BCUT2D eigenvalue weighted by molar-refractivity contribution is 0.0978. The van der Waals surface area contributed by atoms with E-state index in [1.807, 2.05) is 18.2 Å². The van der Waals surface area contributed by atoms with Crippen LogP contribution in [0.15, 0.2) is 43.0 Å². The number of unbranched alkanes of at least 4 members (excludes halogenated alkanes) is 2. The maximum atomic E-state index is 13.1. The quantitative estimate of drug-likeness (QED) is 0.322. The molecule has 0 unspecified atom stereocenters. The maximum absolute atomic E-state index is 13.1. The van der Waals surface area contributed by atoms with Gasteiger partial charge in [0.2, 0.25) is 0 Å². The Morgan fingerprint density at radius 2 is 1.58 bits per heavy atom. The number of benzene rings is 2. The first-order chi connectivity index (χ1) is 15.0. The normalized spacial score (nSPS) is 12.4. The highest BCUT2D eigenvalue weighted by Gasteiger charge is 2.11. The van der Waals surface area contributed by atoms with Gasteiger partial charge in [-0.15, -0.1) is 0 Å². The van der Waals surface area contributed by atoms with Crippen molar-refractivity contribution in [2.45, 2.75) is 78.6 Å². The average Bonchev–Trinajstić information content (AvgIpc) is 2.77. The van der Waals surface area contributed by atoms with Gasteiger partial charge in [0, 0.05) is 14.8 Å². The Bertz CT molecular complexity index is 994. The first-order valence-electron chi connectivity index (χ1n) is 11.8. The van der Waals surface area contributed by atoms with Gasteiger partial charge in [-0.2, -0.15) is 0 Å². The number of aryl methyl sites for hydroxylation is 1. The van der Waals surface area contributed by atoms with Crippen molar-refractivity contribution in [3.05, 3.63) is 75.9 Å². The fourth-order valence-electron chi connectivity index (χ4n) is 3.88. The zero-order chi connectivity index (χ0) is 22.6. The first kappa shape index (κ1) is 24.8. The summed E-state index contributed by atoms with van der Waals surface area (Å²) in [6.45, 7) is 10.8. The molecule has 0 aliphatic heterocycles. The summed E-state index contributed by atoms with van der Waals surface area (Å²) in [6, 6.07) is 10.8. The van der Waals surface area contributed by atoms with Gasteiger partial charge >= 0.3 is 0 Å². The van der Waals surface area contributed by atoms with Crippen LogP contribution >= 0.6 is 0 Å². The molecule has 0 spiro atoms. The molecular weight excluding hydrogens is 383 g/mol. The highest BCUT2D eigenvalue weighted by Crippen LogP contribution is 2.17. The Kier molecular flexibility index (Phi) is 10.4. The molecule has 0 aromatic heterocycles. The Labute approximate surface area is 190 Å². The van der Waals surface area contributed by atoms with Crippen molar-refractivity contribution in [1.82, 2.24) is 0 Å². The third-order valence-corrected chi connectivity index (χ3v) is 5.63. The molecule has 2 aromatic rings. The van der Waals surface area contributed by atoms with E-state index < -0.39 is 0 Å². The molecule has 1 nitrogen and oxygen atoms in total. The zero-order valence-corrected chi connectivity index (χ0v) is 19.5. The van der Waals surface area contributed by atoms with Crippen LogP contribution in [0.3, 0.4) is 0 Å². The summed E-state index contributed by atoms with van der Waals surface area (Å²) >= 11 is 0. The second-order valence-corrected chi connectivity index (χ2v) is 8.20. The first-order valence-corrected chi connectivity index (χ1v) is 11.8. The number of rotatable bonds is 12. The van der Waals surface area contributed by atoms with E-state index in [2.05, 4.69) is 45.6 Å². The molecule has 0 radical (unpaired) electrons. The molecule has 0 saturated carbocycles. The third kappa shape index (κ3) is 7.31. The predicted octanol–water partition coefficient (Wildman–Crippen LogP) is 7.50. The summed E-state index contributed by atoms with van der Waals surface area (Å²) in [4.78, 5) is 12.9. The van der Waals surface area contributed by atoms with Crippen LogP contribution < -0.4 is 10.4 Å². The fraction of sp³-hybridized carbons (Fsp3) is 0.414. The Balaban J connectivity index is 0.00000512. The zero-order valence-electron chi connectivity index (χ0n) is 19.5. The molecule has 0 aliphatic carbocycles. The van der Waals surface area contributed by atoms with Crippen LogP contribution in [-0.4, -0.2) is 5.78 Å². The number of ketones is 1. The molecule has 0 saturated heterocycles. The van der Waals surface area contributed by atoms with Crippen LogP contribution in [0.1, 0.15) is 96.5 Å².